The maximum absolute atomic E-state index is 12.2. The number of rotatable bonds is 6. The summed E-state index contributed by atoms with van der Waals surface area (Å²) in [6.07, 6.45) is 0.129. The molecule has 0 aliphatic heterocycles. The summed E-state index contributed by atoms with van der Waals surface area (Å²) in [6.45, 7) is 3.66. The Morgan fingerprint density at radius 1 is 0.960 bits per heavy atom. The highest BCUT2D eigenvalue weighted by Gasteiger charge is 2.18. The molecule has 7 heteroatoms. The van der Waals surface area contributed by atoms with Crippen molar-refractivity contribution >= 4 is 27.5 Å². The lowest BCUT2D eigenvalue weighted by Gasteiger charge is -2.09. The monoisotopic (exact) mass is 360 g/mol. The minimum absolute atomic E-state index is 0.0395. The van der Waals surface area contributed by atoms with Gasteiger partial charge in [0, 0.05) is 17.7 Å². The lowest BCUT2D eigenvalue weighted by Crippen LogP contribution is -2.31. The fraction of sp³-hybridized carbons (Fsp3) is 0.222. The number of carbonyl (C=O) groups excluding carboxylic acids is 2. The van der Waals surface area contributed by atoms with Gasteiger partial charge in [-0.25, -0.2) is 13.1 Å². The van der Waals surface area contributed by atoms with Gasteiger partial charge in [-0.2, -0.15) is 0 Å². The smallest absolute Gasteiger partial charge is 0.264 e. The Balaban J connectivity index is 2.06. The van der Waals surface area contributed by atoms with Crippen LogP contribution in [-0.4, -0.2) is 20.2 Å². The summed E-state index contributed by atoms with van der Waals surface area (Å²) in [5.74, 6) is -0.774. The first-order valence-electron chi connectivity index (χ1n) is 7.80. The normalized spacial score (nSPS) is 11.2. The van der Waals surface area contributed by atoms with Crippen molar-refractivity contribution in [2.75, 3.05) is 5.32 Å². The van der Waals surface area contributed by atoms with Gasteiger partial charge in [0.15, 0.2) is 0 Å². The molecule has 0 saturated heterocycles. The van der Waals surface area contributed by atoms with E-state index >= 15 is 0 Å². The minimum Gasteiger partial charge on any atom is -0.322 e. The zero-order chi connectivity index (χ0) is 18.4. The molecule has 6 nitrogen and oxygen atoms in total. The molecule has 0 radical (unpaired) electrons. The molecular weight excluding hydrogens is 340 g/mol. The predicted octanol–water partition coefficient (Wildman–Crippen LogP) is 2.79. The summed E-state index contributed by atoms with van der Waals surface area (Å²) in [5.41, 5.74) is 0.960. The van der Waals surface area contributed by atoms with Crippen LogP contribution in [0.5, 0.6) is 0 Å². The van der Waals surface area contributed by atoms with Crippen LogP contribution < -0.4 is 10.0 Å². The fourth-order valence-electron chi connectivity index (χ4n) is 2.13. The van der Waals surface area contributed by atoms with E-state index < -0.39 is 15.9 Å². The maximum atomic E-state index is 12.2. The second kappa shape index (κ2) is 7.94. The SMILES string of the molecule is CC(C)CC(=O)NS(=O)(=O)c1ccc(NC(=O)c2ccccc2)cc1. The lowest BCUT2D eigenvalue weighted by atomic mass is 10.1. The molecule has 0 aliphatic rings. The van der Waals surface area contributed by atoms with Crippen molar-refractivity contribution < 1.29 is 18.0 Å². The second-order valence-electron chi connectivity index (χ2n) is 5.97. The molecule has 0 heterocycles. The zero-order valence-electron chi connectivity index (χ0n) is 14.0. The summed E-state index contributed by atoms with van der Waals surface area (Å²) in [4.78, 5) is 23.7. The standard InChI is InChI=1S/C18H20N2O4S/c1-13(2)12-17(21)20-25(23,24)16-10-8-15(9-11-16)19-18(22)14-6-4-3-5-7-14/h3-11,13H,12H2,1-2H3,(H,19,22)(H,20,21). The van der Waals surface area contributed by atoms with Gasteiger partial charge in [0.05, 0.1) is 4.90 Å². The topological polar surface area (TPSA) is 92.3 Å². The van der Waals surface area contributed by atoms with Gasteiger partial charge >= 0.3 is 0 Å². The lowest BCUT2D eigenvalue weighted by molar-refractivity contribution is -0.120. The fourth-order valence-corrected chi connectivity index (χ4v) is 3.13. The van der Waals surface area contributed by atoms with Crippen LogP contribution in [0.25, 0.3) is 0 Å². The number of anilines is 1. The Morgan fingerprint density at radius 3 is 2.12 bits per heavy atom. The molecule has 0 atom stereocenters. The largest absolute Gasteiger partial charge is 0.322 e. The Labute approximate surface area is 147 Å². The van der Waals surface area contributed by atoms with Gasteiger partial charge in [-0.05, 0) is 42.3 Å². The summed E-state index contributed by atoms with van der Waals surface area (Å²) in [7, 11) is -3.91. The highest BCUT2D eigenvalue weighted by atomic mass is 32.2. The molecule has 132 valence electrons. The number of sulfonamides is 1. The number of carbonyl (C=O) groups is 2. The van der Waals surface area contributed by atoms with E-state index in [9.17, 15) is 18.0 Å². The van der Waals surface area contributed by atoms with Gasteiger partial charge in [-0.1, -0.05) is 32.0 Å². The first-order chi connectivity index (χ1) is 11.8. The van der Waals surface area contributed by atoms with Crippen LogP contribution in [0.3, 0.4) is 0 Å². The molecule has 0 spiro atoms. The quantitative estimate of drug-likeness (QED) is 0.828. The van der Waals surface area contributed by atoms with E-state index in [1.165, 1.54) is 24.3 Å². The van der Waals surface area contributed by atoms with Crippen LogP contribution in [0.2, 0.25) is 0 Å². The number of hydrogen-bond acceptors (Lipinski definition) is 4. The van der Waals surface area contributed by atoms with Crippen molar-refractivity contribution in [1.82, 2.24) is 4.72 Å². The van der Waals surface area contributed by atoms with Crippen molar-refractivity contribution in [3.63, 3.8) is 0 Å². The van der Waals surface area contributed by atoms with Gasteiger partial charge in [0.1, 0.15) is 0 Å². The molecule has 0 fully saturated rings. The molecule has 25 heavy (non-hydrogen) atoms. The van der Waals surface area contributed by atoms with Crippen LogP contribution >= 0.6 is 0 Å². The number of nitrogens with one attached hydrogen (secondary N) is 2. The zero-order valence-corrected chi connectivity index (χ0v) is 14.8. The molecule has 0 saturated carbocycles. The van der Waals surface area contributed by atoms with Gasteiger partial charge in [-0.15, -0.1) is 0 Å². The molecule has 0 unspecified atom stereocenters. The average Bonchev–Trinajstić information content (AvgIpc) is 2.54. The number of hydrogen-bond donors (Lipinski definition) is 2. The van der Waals surface area contributed by atoms with Crippen LogP contribution in [-0.2, 0) is 14.8 Å². The summed E-state index contributed by atoms with van der Waals surface area (Å²) < 4.78 is 26.4. The highest BCUT2D eigenvalue weighted by molar-refractivity contribution is 7.90. The molecule has 0 aromatic heterocycles. The Hall–Kier alpha value is -2.67. The third kappa shape index (κ3) is 5.42. The van der Waals surface area contributed by atoms with Gasteiger partial charge < -0.3 is 5.32 Å². The summed E-state index contributed by atoms with van der Waals surface area (Å²) in [5, 5.41) is 2.68. The van der Waals surface area contributed by atoms with Crippen molar-refractivity contribution in [3.8, 4) is 0 Å². The van der Waals surface area contributed by atoms with E-state index in [0.29, 0.717) is 11.3 Å². The van der Waals surface area contributed by atoms with E-state index in [4.69, 9.17) is 0 Å². The molecule has 0 aliphatic carbocycles. The number of amides is 2. The second-order valence-corrected chi connectivity index (χ2v) is 7.65. The van der Waals surface area contributed by atoms with Crippen molar-refractivity contribution in [2.24, 2.45) is 5.92 Å². The van der Waals surface area contributed by atoms with E-state index in [1.807, 2.05) is 24.6 Å². The van der Waals surface area contributed by atoms with Gasteiger partial charge in [0.2, 0.25) is 5.91 Å². The van der Waals surface area contributed by atoms with E-state index in [1.54, 1.807) is 24.3 Å². The average molecular weight is 360 g/mol. The highest BCUT2D eigenvalue weighted by Crippen LogP contribution is 2.15. The first-order valence-corrected chi connectivity index (χ1v) is 9.28. The van der Waals surface area contributed by atoms with Crippen molar-refractivity contribution in [3.05, 3.63) is 60.2 Å². The number of benzene rings is 2. The predicted molar refractivity (Wildman–Crippen MR) is 95.6 cm³/mol. The third-order valence-electron chi connectivity index (χ3n) is 3.30. The molecule has 2 rings (SSSR count). The van der Waals surface area contributed by atoms with E-state index in [0.717, 1.165) is 0 Å². The van der Waals surface area contributed by atoms with Crippen molar-refractivity contribution in [2.45, 2.75) is 25.2 Å². The van der Waals surface area contributed by atoms with Crippen molar-refractivity contribution in [1.29, 1.82) is 0 Å². The molecular formula is C18H20N2O4S. The maximum Gasteiger partial charge on any atom is 0.264 e. The summed E-state index contributed by atoms with van der Waals surface area (Å²) in [6, 6.07) is 14.3. The van der Waals surface area contributed by atoms with Crippen LogP contribution in [0.15, 0.2) is 59.5 Å². The Morgan fingerprint density at radius 2 is 1.56 bits per heavy atom. The molecule has 2 N–H and O–H groups in total. The Kier molecular flexibility index (Phi) is 5.93. The first kappa shape index (κ1) is 18.7. The van der Waals surface area contributed by atoms with E-state index in [-0.39, 0.29) is 23.1 Å². The molecule has 0 bridgehead atoms. The van der Waals surface area contributed by atoms with Crippen LogP contribution in [0.4, 0.5) is 5.69 Å². The van der Waals surface area contributed by atoms with Gasteiger partial charge in [-0.3, -0.25) is 9.59 Å². The molecule has 2 aromatic carbocycles. The van der Waals surface area contributed by atoms with Crippen LogP contribution in [0.1, 0.15) is 30.6 Å². The minimum atomic E-state index is -3.91. The molecule has 2 aromatic rings. The van der Waals surface area contributed by atoms with Gasteiger partial charge in [0.25, 0.3) is 15.9 Å². The van der Waals surface area contributed by atoms with E-state index in [2.05, 4.69) is 5.32 Å². The summed E-state index contributed by atoms with van der Waals surface area (Å²) >= 11 is 0. The Bertz CT molecular complexity index is 844. The third-order valence-corrected chi connectivity index (χ3v) is 4.69. The molecule has 2 amide bonds. The van der Waals surface area contributed by atoms with Crippen LogP contribution in [0, 0.1) is 5.92 Å².